The van der Waals surface area contributed by atoms with Gasteiger partial charge in [0.2, 0.25) is 0 Å². The fourth-order valence-electron chi connectivity index (χ4n) is 4.71. The third kappa shape index (κ3) is 3.09. The zero-order valence-electron chi connectivity index (χ0n) is 12.9. The number of hydrogen-bond donors (Lipinski definition) is 0. The van der Waals surface area contributed by atoms with Crippen LogP contribution in [0.1, 0.15) is 71.1 Å². The van der Waals surface area contributed by atoms with Gasteiger partial charge in [-0.3, -0.25) is 9.69 Å². The molecule has 0 aromatic heterocycles. The molecule has 0 aromatic carbocycles. The summed E-state index contributed by atoms with van der Waals surface area (Å²) in [5.41, 5.74) is 0.196. The molecular formula is C17H29NO2. The van der Waals surface area contributed by atoms with Crippen molar-refractivity contribution >= 4 is 5.78 Å². The van der Waals surface area contributed by atoms with E-state index in [1.54, 1.807) is 6.92 Å². The first-order chi connectivity index (χ1) is 9.69. The van der Waals surface area contributed by atoms with Crippen LogP contribution in [0.5, 0.6) is 0 Å². The molecule has 3 fully saturated rings. The lowest BCUT2D eigenvalue weighted by Gasteiger charge is -2.47. The molecule has 2 atom stereocenters. The van der Waals surface area contributed by atoms with Crippen LogP contribution in [0.2, 0.25) is 0 Å². The number of hydrogen-bond acceptors (Lipinski definition) is 3. The Morgan fingerprint density at radius 1 is 1.20 bits per heavy atom. The molecule has 114 valence electrons. The Hall–Kier alpha value is -0.410. The Morgan fingerprint density at radius 2 is 2.00 bits per heavy atom. The van der Waals surface area contributed by atoms with E-state index in [2.05, 4.69) is 4.90 Å². The number of piperidine rings is 1. The van der Waals surface area contributed by atoms with E-state index >= 15 is 0 Å². The van der Waals surface area contributed by atoms with Gasteiger partial charge in [0.25, 0.3) is 0 Å². The maximum Gasteiger partial charge on any atom is 0.131 e. The van der Waals surface area contributed by atoms with Crippen molar-refractivity contribution < 1.29 is 9.53 Å². The van der Waals surface area contributed by atoms with Crippen LogP contribution >= 0.6 is 0 Å². The molecule has 0 radical (unpaired) electrons. The summed E-state index contributed by atoms with van der Waals surface area (Å²) in [6.07, 6.45) is 12.1. The predicted octanol–water partition coefficient (Wildman–Crippen LogP) is 3.31. The van der Waals surface area contributed by atoms with Crippen LogP contribution in [0.25, 0.3) is 0 Å². The molecule has 1 aliphatic carbocycles. The summed E-state index contributed by atoms with van der Waals surface area (Å²) in [7, 11) is 0. The molecule has 0 bridgehead atoms. The van der Waals surface area contributed by atoms with Gasteiger partial charge in [-0.1, -0.05) is 19.3 Å². The van der Waals surface area contributed by atoms with Crippen molar-refractivity contribution in [1.29, 1.82) is 0 Å². The van der Waals surface area contributed by atoms with E-state index in [-0.39, 0.29) is 5.60 Å². The number of ether oxygens (including phenoxy) is 1. The number of likely N-dealkylation sites (tertiary alicyclic amines) is 1. The van der Waals surface area contributed by atoms with Crippen LogP contribution < -0.4 is 0 Å². The number of ketones is 1. The Balaban J connectivity index is 1.67. The van der Waals surface area contributed by atoms with Crippen LogP contribution in [0, 0.1) is 0 Å². The summed E-state index contributed by atoms with van der Waals surface area (Å²) in [5.74, 6) is 0.351. The molecule has 3 rings (SSSR count). The second kappa shape index (κ2) is 6.15. The monoisotopic (exact) mass is 279 g/mol. The minimum Gasteiger partial charge on any atom is -0.375 e. The van der Waals surface area contributed by atoms with Gasteiger partial charge in [0.1, 0.15) is 5.78 Å². The summed E-state index contributed by atoms with van der Waals surface area (Å²) < 4.78 is 6.17. The molecule has 2 heterocycles. The minimum absolute atomic E-state index is 0.196. The van der Waals surface area contributed by atoms with Crippen molar-refractivity contribution in [2.45, 2.75) is 88.8 Å². The molecule has 3 aliphatic rings. The van der Waals surface area contributed by atoms with E-state index in [1.165, 1.54) is 57.9 Å². The van der Waals surface area contributed by atoms with Crippen LogP contribution in [-0.2, 0) is 9.53 Å². The van der Waals surface area contributed by atoms with E-state index in [9.17, 15) is 4.79 Å². The number of Topliss-reactive ketones (excluding diaryl/α,β-unsaturated/α-hetero) is 1. The van der Waals surface area contributed by atoms with E-state index in [0.717, 1.165) is 19.4 Å². The third-order valence-electron chi connectivity index (χ3n) is 5.65. The molecule has 0 aromatic rings. The number of rotatable bonds is 3. The Labute approximate surface area is 123 Å². The zero-order valence-corrected chi connectivity index (χ0v) is 12.9. The smallest absolute Gasteiger partial charge is 0.131 e. The maximum absolute atomic E-state index is 11.5. The van der Waals surface area contributed by atoms with E-state index < -0.39 is 0 Å². The molecule has 20 heavy (non-hydrogen) atoms. The summed E-state index contributed by atoms with van der Waals surface area (Å²) in [6, 6.07) is 1.16. The molecule has 1 saturated carbocycles. The minimum atomic E-state index is 0.196. The summed E-state index contributed by atoms with van der Waals surface area (Å²) in [4.78, 5) is 14.2. The fraction of sp³-hybridized carbons (Fsp3) is 0.941. The Morgan fingerprint density at radius 3 is 2.75 bits per heavy atom. The largest absolute Gasteiger partial charge is 0.375 e. The molecule has 2 aliphatic heterocycles. The highest BCUT2D eigenvalue weighted by molar-refractivity contribution is 5.76. The lowest BCUT2D eigenvalue weighted by atomic mass is 9.85. The van der Waals surface area contributed by atoms with Crippen molar-refractivity contribution in [1.82, 2.24) is 4.90 Å². The summed E-state index contributed by atoms with van der Waals surface area (Å²) in [5, 5.41) is 0. The average Bonchev–Trinajstić information content (AvgIpc) is 2.87. The van der Waals surface area contributed by atoms with E-state index in [4.69, 9.17) is 4.74 Å². The normalized spacial score (nSPS) is 34.5. The van der Waals surface area contributed by atoms with Gasteiger partial charge in [0.05, 0.1) is 5.60 Å². The van der Waals surface area contributed by atoms with Gasteiger partial charge in [-0.05, 0) is 52.0 Å². The van der Waals surface area contributed by atoms with Crippen molar-refractivity contribution in [3.63, 3.8) is 0 Å². The number of carbonyl (C=O) groups excluding carboxylic acids is 1. The molecule has 0 N–H and O–H groups in total. The molecule has 3 nitrogen and oxygen atoms in total. The SMILES string of the molecule is CC(=O)CC1CCCCN1C1CCOC2(CCCC2)C1. The van der Waals surface area contributed by atoms with E-state index in [0.29, 0.717) is 17.9 Å². The van der Waals surface area contributed by atoms with Gasteiger partial charge in [0.15, 0.2) is 0 Å². The predicted molar refractivity (Wildman–Crippen MR) is 79.8 cm³/mol. The lowest BCUT2D eigenvalue weighted by Crippen LogP contribution is -2.53. The molecule has 3 heteroatoms. The van der Waals surface area contributed by atoms with Crippen LogP contribution in [0.3, 0.4) is 0 Å². The number of nitrogens with zero attached hydrogens (tertiary/aromatic N) is 1. The van der Waals surface area contributed by atoms with Crippen molar-refractivity contribution in [2.75, 3.05) is 13.2 Å². The summed E-state index contributed by atoms with van der Waals surface area (Å²) in [6.45, 7) is 3.86. The van der Waals surface area contributed by atoms with Crippen LogP contribution in [0.4, 0.5) is 0 Å². The molecule has 1 spiro atoms. The van der Waals surface area contributed by atoms with E-state index in [1.807, 2.05) is 0 Å². The van der Waals surface area contributed by atoms with Crippen LogP contribution in [-0.4, -0.2) is 41.5 Å². The standard InChI is InChI=1S/C17H29NO2/c1-14(19)12-15-6-2-5-10-18(15)16-7-11-20-17(13-16)8-3-4-9-17/h15-16H,2-13H2,1H3. The summed E-state index contributed by atoms with van der Waals surface area (Å²) >= 11 is 0. The van der Waals surface area contributed by atoms with Gasteiger partial charge >= 0.3 is 0 Å². The Kier molecular flexibility index (Phi) is 4.46. The first-order valence-corrected chi connectivity index (χ1v) is 8.58. The molecule has 2 unspecified atom stereocenters. The highest BCUT2D eigenvalue weighted by Gasteiger charge is 2.43. The molecule has 0 amide bonds. The zero-order chi connectivity index (χ0) is 14.0. The Bertz CT molecular complexity index is 349. The van der Waals surface area contributed by atoms with Gasteiger partial charge in [0, 0.05) is 25.1 Å². The quantitative estimate of drug-likeness (QED) is 0.794. The first-order valence-electron chi connectivity index (χ1n) is 8.58. The average molecular weight is 279 g/mol. The van der Waals surface area contributed by atoms with Gasteiger partial charge in [-0.25, -0.2) is 0 Å². The highest BCUT2D eigenvalue weighted by Crippen LogP contribution is 2.42. The van der Waals surface area contributed by atoms with Crippen LogP contribution in [0.15, 0.2) is 0 Å². The highest BCUT2D eigenvalue weighted by atomic mass is 16.5. The van der Waals surface area contributed by atoms with Gasteiger partial charge < -0.3 is 4.74 Å². The van der Waals surface area contributed by atoms with Crippen molar-refractivity contribution in [3.05, 3.63) is 0 Å². The molecule has 2 saturated heterocycles. The second-order valence-electron chi connectivity index (χ2n) is 7.18. The van der Waals surface area contributed by atoms with Crippen molar-refractivity contribution in [2.24, 2.45) is 0 Å². The first kappa shape index (κ1) is 14.5. The lowest BCUT2D eigenvalue weighted by molar-refractivity contribution is -0.122. The fourth-order valence-corrected chi connectivity index (χ4v) is 4.71. The maximum atomic E-state index is 11.5. The number of carbonyl (C=O) groups is 1. The molecular weight excluding hydrogens is 250 g/mol. The van der Waals surface area contributed by atoms with Gasteiger partial charge in [-0.2, -0.15) is 0 Å². The van der Waals surface area contributed by atoms with Crippen molar-refractivity contribution in [3.8, 4) is 0 Å². The third-order valence-corrected chi connectivity index (χ3v) is 5.65. The van der Waals surface area contributed by atoms with Gasteiger partial charge in [-0.15, -0.1) is 0 Å². The second-order valence-corrected chi connectivity index (χ2v) is 7.18. The topological polar surface area (TPSA) is 29.5 Å².